The summed E-state index contributed by atoms with van der Waals surface area (Å²) in [5.74, 6) is -2.67. The molecule has 1 heterocycles. The van der Waals surface area contributed by atoms with E-state index in [1.165, 1.54) is 0 Å². The number of esters is 1. The number of rotatable bonds is 3. The van der Waals surface area contributed by atoms with Crippen LogP contribution in [0.2, 0.25) is 0 Å². The maximum atomic E-state index is 11.4. The lowest BCUT2D eigenvalue weighted by atomic mass is 10.1. The summed E-state index contributed by atoms with van der Waals surface area (Å²) in [6.45, 7) is 1.64. The quantitative estimate of drug-likeness (QED) is 0.591. The molecule has 86 valence electrons. The Bertz CT molecular complexity index is 491. The zero-order valence-corrected chi connectivity index (χ0v) is 8.44. The highest BCUT2D eigenvalue weighted by Gasteiger charge is 2.21. The van der Waals surface area contributed by atoms with Crippen molar-refractivity contribution in [2.75, 3.05) is 6.61 Å². The van der Waals surface area contributed by atoms with Crippen molar-refractivity contribution in [3.05, 3.63) is 27.5 Å². The molecule has 1 aromatic rings. The summed E-state index contributed by atoms with van der Waals surface area (Å²) in [6.07, 6.45) is 0. The normalized spacial score (nSPS) is 9.81. The minimum atomic E-state index is -1.03. The van der Waals surface area contributed by atoms with Crippen LogP contribution in [0.5, 0.6) is 5.88 Å². The summed E-state index contributed by atoms with van der Waals surface area (Å²) in [6, 6.07) is 0.845. The number of amides is 1. The fourth-order valence-corrected chi connectivity index (χ4v) is 1.17. The van der Waals surface area contributed by atoms with E-state index < -0.39 is 28.9 Å². The van der Waals surface area contributed by atoms with Gasteiger partial charge in [-0.05, 0) is 6.92 Å². The molecule has 1 rings (SSSR count). The van der Waals surface area contributed by atoms with Crippen molar-refractivity contribution in [3.8, 4) is 5.88 Å². The molecule has 0 fully saturated rings. The van der Waals surface area contributed by atoms with Gasteiger partial charge in [-0.3, -0.25) is 14.6 Å². The minimum absolute atomic E-state index is 0.0740. The Hall–Kier alpha value is -2.31. The Labute approximate surface area is 89.8 Å². The molecule has 1 amide bonds. The predicted octanol–water partition coefficient (Wildman–Crippen LogP) is -0.644. The van der Waals surface area contributed by atoms with Gasteiger partial charge in [0, 0.05) is 6.07 Å². The molecule has 0 aliphatic carbocycles. The molecule has 7 heteroatoms. The van der Waals surface area contributed by atoms with Gasteiger partial charge < -0.3 is 15.6 Å². The van der Waals surface area contributed by atoms with Gasteiger partial charge in [0.05, 0.1) is 12.2 Å². The number of H-pyrrole nitrogens is 1. The molecule has 7 nitrogen and oxygen atoms in total. The molecule has 16 heavy (non-hydrogen) atoms. The smallest absolute Gasteiger partial charge is 0.339 e. The van der Waals surface area contributed by atoms with Gasteiger partial charge in [-0.15, -0.1) is 0 Å². The number of ether oxygens (including phenoxy) is 1. The van der Waals surface area contributed by atoms with Crippen molar-refractivity contribution in [1.29, 1.82) is 0 Å². The molecule has 0 saturated heterocycles. The standard InChI is InChI=1S/C9H10N2O5/c1-2-16-9(15)4-3-5(12)11-8(14)6(4)7(10)13/h3H,2H2,1H3,(H2,10,13)(H2,11,12,14). The number of hydrogen-bond donors (Lipinski definition) is 3. The maximum absolute atomic E-state index is 11.4. The van der Waals surface area contributed by atoms with E-state index in [1.807, 2.05) is 4.98 Å². The van der Waals surface area contributed by atoms with Crippen LogP contribution in [0.4, 0.5) is 0 Å². The second-order valence-corrected chi connectivity index (χ2v) is 2.86. The number of nitrogens with two attached hydrogens (primary N) is 1. The summed E-state index contributed by atoms with van der Waals surface area (Å²) in [5.41, 5.74) is 3.43. The molecule has 0 saturated carbocycles. The largest absolute Gasteiger partial charge is 0.494 e. The molecule has 1 aromatic heterocycles. The summed E-state index contributed by atoms with van der Waals surface area (Å²) in [7, 11) is 0. The van der Waals surface area contributed by atoms with Crippen LogP contribution in [0, 0.1) is 0 Å². The lowest BCUT2D eigenvalue weighted by Crippen LogP contribution is -2.22. The molecule has 0 unspecified atom stereocenters. The Kier molecular flexibility index (Phi) is 3.29. The van der Waals surface area contributed by atoms with Crippen LogP contribution in [-0.4, -0.2) is 28.6 Å². The third-order valence-corrected chi connectivity index (χ3v) is 1.76. The average Bonchev–Trinajstić information content (AvgIpc) is 2.15. The number of primary amides is 1. The zero-order valence-electron chi connectivity index (χ0n) is 8.44. The number of aromatic nitrogens is 1. The van der Waals surface area contributed by atoms with Crippen molar-refractivity contribution in [3.63, 3.8) is 0 Å². The first-order chi connectivity index (χ1) is 7.47. The molecule has 4 N–H and O–H groups in total. The Balaban J connectivity index is 3.41. The van der Waals surface area contributed by atoms with Gasteiger partial charge in [-0.2, -0.15) is 0 Å². The van der Waals surface area contributed by atoms with Crippen molar-refractivity contribution in [2.24, 2.45) is 5.73 Å². The van der Waals surface area contributed by atoms with Gasteiger partial charge in [0.2, 0.25) is 5.88 Å². The van der Waals surface area contributed by atoms with E-state index in [-0.39, 0.29) is 12.2 Å². The lowest BCUT2D eigenvalue weighted by Gasteiger charge is -2.06. The van der Waals surface area contributed by atoms with Crippen molar-refractivity contribution < 1.29 is 19.4 Å². The summed E-state index contributed by atoms with van der Waals surface area (Å²) in [5, 5.41) is 9.30. The van der Waals surface area contributed by atoms with Gasteiger partial charge >= 0.3 is 5.97 Å². The number of hydrogen-bond acceptors (Lipinski definition) is 5. The summed E-state index contributed by atoms with van der Waals surface area (Å²) >= 11 is 0. The van der Waals surface area contributed by atoms with E-state index in [9.17, 15) is 19.5 Å². The van der Waals surface area contributed by atoms with Crippen LogP contribution in [0.25, 0.3) is 0 Å². The van der Waals surface area contributed by atoms with Crippen molar-refractivity contribution >= 4 is 11.9 Å². The number of nitrogens with one attached hydrogen (secondary N) is 1. The second-order valence-electron chi connectivity index (χ2n) is 2.86. The van der Waals surface area contributed by atoms with Crippen LogP contribution in [-0.2, 0) is 4.74 Å². The Morgan fingerprint density at radius 2 is 2.19 bits per heavy atom. The summed E-state index contributed by atoms with van der Waals surface area (Å²) < 4.78 is 4.62. The van der Waals surface area contributed by atoms with Gasteiger partial charge in [-0.1, -0.05) is 0 Å². The highest BCUT2D eigenvalue weighted by atomic mass is 16.5. The first-order valence-corrected chi connectivity index (χ1v) is 4.40. The molecular formula is C9H10N2O5. The first kappa shape index (κ1) is 11.8. The van der Waals surface area contributed by atoms with E-state index in [0.29, 0.717) is 0 Å². The van der Waals surface area contributed by atoms with E-state index in [1.54, 1.807) is 6.92 Å². The SMILES string of the molecule is CCOC(=O)c1cc(=O)[nH]c(O)c1C(N)=O. The predicted molar refractivity (Wildman–Crippen MR) is 53.2 cm³/mol. The fraction of sp³-hybridized carbons (Fsp3) is 0.222. The van der Waals surface area contributed by atoms with Crippen molar-refractivity contribution in [1.82, 2.24) is 4.98 Å². The number of carbonyl (C=O) groups is 2. The zero-order chi connectivity index (χ0) is 12.3. The molecule has 0 bridgehead atoms. The van der Waals surface area contributed by atoms with Gasteiger partial charge in [0.25, 0.3) is 11.5 Å². The van der Waals surface area contributed by atoms with Crippen LogP contribution < -0.4 is 11.3 Å². The fourth-order valence-electron chi connectivity index (χ4n) is 1.17. The van der Waals surface area contributed by atoms with Gasteiger partial charge in [0.15, 0.2) is 0 Å². The third kappa shape index (κ3) is 2.19. The maximum Gasteiger partial charge on any atom is 0.339 e. The monoisotopic (exact) mass is 226 g/mol. The molecule has 0 radical (unpaired) electrons. The Morgan fingerprint density at radius 3 is 2.69 bits per heavy atom. The highest BCUT2D eigenvalue weighted by Crippen LogP contribution is 2.16. The number of carbonyl (C=O) groups excluding carboxylic acids is 2. The first-order valence-electron chi connectivity index (χ1n) is 4.40. The molecule has 0 atom stereocenters. The number of pyridine rings is 1. The average molecular weight is 226 g/mol. The molecular weight excluding hydrogens is 216 g/mol. The molecule has 0 aliphatic rings. The van der Waals surface area contributed by atoms with E-state index in [2.05, 4.69) is 4.74 Å². The van der Waals surface area contributed by atoms with E-state index in [0.717, 1.165) is 6.07 Å². The minimum Gasteiger partial charge on any atom is -0.494 e. The van der Waals surface area contributed by atoms with Crippen LogP contribution >= 0.6 is 0 Å². The lowest BCUT2D eigenvalue weighted by molar-refractivity contribution is 0.0522. The highest BCUT2D eigenvalue weighted by molar-refractivity contribution is 6.06. The van der Waals surface area contributed by atoms with Crippen LogP contribution in [0.3, 0.4) is 0 Å². The Morgan fingerprint density at radius 1 is 1.56 bits per heavy atom. The van der Waals surface area contributed by atoms with Gasteiger partial charge in [-0.25, -0.2) is 4.79 Å². The molecule has 0 aromatic carbocycles. The van der Waals surface area contributed by atoms with E-state index >= 15 is 0 Å². The van der Waals surface area contributed by atoms with Crippen LogP contribution in [0.15, 0.2) is 10.9 Å². The second kappa shape index (κ2) is 4.47. The van der Waals surface area contributed by atoms with Crippen LogP contribution in [0.1, 0.15) is 27.6 Å². The molecule has 0 spiro atoms. The third-order valence-electron chi connectivity index (χ3n) is 1.76. The molecule has 0 aliphatic heterocycles. The van der Waals surface area contributed by atoms with Gasteiger partial charge in [0.1, 0.15) is 5.56 Å². The summed E-state index contributed by atoms with van der Waals surface area (Å²) in [4.78, 5) is 35.3. The number of aromatic amines is 1. The number of aromatic hydroxyl groups is 1. The topological polar surface area (TPSA) is 122 Å². The van der Waals surface area contributed by atoms with E-state index in [4.69, 9.17) is 5.73 Å². The van der Waals surface area contributed by atoms with Crippen molar-refractivity contribution in [2.45, 2.75) is 6.92 Å².